The minimum atomic E-state index is 1.22. The average molecular weight is 199 g/mol. The number of aromatic nitrogens is 1. The number of rotatable bonds is 1. The van der Waals surface area contributed by atoms with Crippen molar-refractivity contribution in [3.8, 4) is 11.3 Å². The van der Waals surface area contributed by atoms with Crippen LogP contribution in [0.25, 0.3) is 11.3 Å². The second-order valence-electron chi connectivity index (χ2n) is 4.22. The Morgan fingerprint density at radius 2 is 1.67 bits per heavy atom. The van der Waals surface area contributed by atoms with Gasteiger partial charge >= 0.3 is 0 Å². The smallest absolute Gasteiger partial charge is 0.0459 e. The van der Waals surface area contributed by atoms with Crippen LogP contribution in [0, 0.1) is 27.7 Å². The molecule has 1 heterocycles. The zero-order valence-electron chi connectivity index (χ0n) is 9.81. The molecule has 0 aliphatic carbocycles. The Balaban J connectivity index is 2.72. The molecule has 1 N–H and O–H groups in total. The van der Waals surface area contributed by atoms with Crippen LogP contribution in [0.15, 0.2) is 24.4 Å². The number of hydrogen-bond acceptors (Lipinski definition) is 0. The Morgan fingerprint density at radius 1 is 0.933 bits per heavy atom. The van der Waals surface area contributed by atoms with E-state index in [9.17, 15) is 0 Å². The highest BCUT2D eigenvalue weighted by molar-refractivity contribution is 5.70. The lowest BCUT2D eigenvalue weighted by Crippen LogP contribution is -1.94. The minimum Gasteiger partial charge on any atom is -0.361 e. The maximum absolute atomic E-state index is 3.28. The summed E-state index contributed by atoms with van der Waals surface area (Å²) >= 11 is 0. The second kappa shape index (κ2) is 3.58. The van der Waals surface area contributed by atoms with Crippen molar-refractivity contribution in [2.45, 2.75) is 27.7 Å². The molecule has 0 unspecified atom stereocenters. The highest BCUT2D eigenvalue weighted by atomic mass is 14.7. The van der Waals surface area contributed by atoms with Crippen LogP contribution in [0.3, 0.4) is 0 Å². The molecule has 0 aliphatic rings. The second-order valence-corrected chi connectivity index (χ2v) is 4.22. The van der Waals surface area contributed by atoms with E-state index in [-0.39, 0.29) is 0 Å². The quantitative estimate of drug-likeness (QED) is 0.716. The Labute approximate surface area is 91.2 Å². The topological polar surface area (TPSA) is 15.8 Å². The number of benzene rings is 1. The van der Waals surface area contributed by atoms with E-state index in [4.69, 9.17) is 0 Å². The van der Waals surface area contributed by atoms with E-state index < -0.39 is 0 Å². The molecule has 78 valence electrons. The van der Waals surface area contributed by atoms with Gasteiger partial charge < -0.3 is 4.98 Å². The molecule has 2 aromatic rings. The minimum absolute atomic E-state index is 1.22. The standard InChI is InChI=1S/C14H17N/c1-9-8-10(2)14(12(4)11(9)3)13-6-5-7-15-13/h5-8,15H,1-4H3. The molecule has 0 saturated heterocycles. The number of hydrogen-bond donors (Lipinski definition) is 1. The first-order valence-electron chi connectivity index (χ1n) is 5.32. The van der Waals surface area contributed by atoms with Crippen LogP contribution in [0.2, 0.25) is 0 Å². The summed E-state index contributed by atoms with van der Waals surface area (Å²) in [4.78, 5) is 3.28. The summed E-state index contributed by atoms with van der Waals surface area (Å²) in [5.74, 6) is 0. The number of aryl methyl sites for hydroxylation is 2. The summed E-state index contributed by atoms with van der Waals surface area (Å²) < 4.78 is 0. The molecule has 0 aliphatic heterocycles. The lowest BCUT2D eigenvalue weighted by Gasteiger charge is -2.13. The lowest BCUT2D eigenvalue weighted by atomic mass is 9.93. The molecule has 0 fully saturated rings. The summed E-state index contributed by atoms with van der Waals surface area (Å²) in [6.45, 7) is 8.74. The SMILES string of the molecule is Cc1cc(C)c(-c2ccc[nH]2)c(C)c1C. The van der Waals surface area contributed by atoms with Gasteiger partial charge in [0.15, 0.2) is 0 Å². The average Bonchev–Trinajstić information content (AvgIpc) is 2.68. The Bertz CT molecular complexity index is 479. The molecule has 1 heteroatoms. The first kappa shape index (κ1) is 10.0. The number of nitrogens with one attached hydrogen (secondary N) is 1. The van der Waals surface area contributed by atoms with Crippen molar-refractivity contribution in [3.05, 3.63) is 46.6 Å². The summed E-state index contributed by atoms with van der Waals surface area (Å²) in [6, 6.07) is 6.44. The van der Waals surface area contributed by atoms with Crippen LogP contribution in [0.1, 0.15) is 22.3 Å². The van der Waals surface area contributed by atoms with E-state index in [0.717, 1.165) is 0 Å². The molecular formula is C14H17N. The van der Waals surface area contributed by atoms with E-state index in [1.807, 2.05) is 12.3 Å². The van der Waals surface area contributed by atoms with Crippen molar-refractivity contribution < 1.29 is 0 Å². The molecular weight excluding hydrogens is 182 g/mol. The van der Waals surface area contributed by atoms with Gasteiger partial charge in [-0.1, -0.05) is 6.07 Å². The maximum atomic E-state index is 3.28. The molecule has 1 nitrogen and oxygen atoms in total. The summed E-state index contributed by atoms with van der Waals surface area (Å²) in [5.41, 5.74) is 8.06. The van der Waals surface area contributed by atoms with Crippen LogP contribution in [0.5, 0.6) is 0 Å². The first-order chi connectivity index (χ1) is 7.11. The Kier molecular flexibility index (Phi) is 2.39. The number of H-pyrrole nitrogens is 1. The van der Waals surface area contributed by atoms with Crippen molar-refractivity contribution in [2.24, 2.45) is 0 Å². The van der Waals surface area contributed by atoms with E-state index >= 15 is 0 Å². The fourth-order valence-electron chi connectivity index (χ4n) is 2.18. The predicted octanol–water partition coefficient (Wildman–Crippen LogP) is 3.92. The van der Waals surface area contributed by atoms with Crippen molar-refractivity contribution >= 4 is 0 Å². The highest BCUT2D eigenvalue weighted by Crippen LogP contribution is 2.29. The largest absolute Gasteiger partial charge is 0.361 e. The first-order valence-corrected chi connectivity index (χ1v) is 5.32. The number of aromatic amines is 1. The molecule has 0 amide bonds. The molecule has 0 radical (unpaired) electrons. The van der Waals surface area contributed by atoms with Crippen molar-refractivity contribution in [1.29, 1.82) is 0 Å². The Morgan fingerprint density at radius 3 is 2.27 bits per heavy atom. The molecule has 1 aromatic heterocycles. The van der Waals surface area contributed by atoms with Crippen LogP contribution in [-0.4, -0.2) is 4.98 Å². The van der Waals surface area contributed by atoms with Crippen LogP contribution >= 0.6 is 0 Å². The zero-order valence-corrected chi connectivity index (χ0v) is 9.81. The normalized spacial score (nSPS) is 10.7. The molecule has 0 bridgehead atoms. The van der Waals surface area contributed by atoms with Gasteiger partial charge in [-0.2, -0.15) is 0 Å². The molecule has 2 rings (SSSR count). The van der Waals surface area contributed by atoms with Gasteiger partial charge in [0.05, 0.1) is 0 Å². The van der Waals surface area contributed by atoms with Gasteiger partial charge in [-0.15, -0.1) is 0 Å². The molecule has 15 heavy (non-hydrogen) atoms. The summed E-state index contributed by atoms with van der Waals surface area (Å²) in [5, 5.41) is 0. The van der Waals surface area contributed by atoms with Gasteiger partial charge in [-0.3, -0.25) is 0 Å². The maximum Gasteiger partial charge on any atom is 0.0459 e. The van der Waals surface area contributed by atoms with Crippen LogP contribution < -0.4 is 0 Å². The third kappa shape index (κ3) is 1.58. The third-order valence-corrected chi connectivity index (χ3v) is 3.22. The van der Waals surface area contributed by atoms with Gasteiger partial charge in [0.1, 0.15) is 0 Å². The van der Waals surface area contributed by atoms with Crippen molar-refractivity contribution in [2.75, 3.05) is 0 Å². The fraction of sp³-hybridized carbons (Fsp3) is 0.286. The van der Waals surface area contributed by atoms with Gasteiger partial charge in [0.2, 0.25) is 0 Å². The van der Waals surface area contributed by atoms with E-state index in [2.05, 4.69) is 44.8 Å². The molecule has 1 aromatic carbocycles. The van der Waals surface area contributed by atoms with E-state index in [0.29, 0.717) is 0 Å². The van der Waals surface area contributed by atoms with Gasteiger partial charge in [0, 0.05) is 17.5 Å². The predicted molar refractivity (Wildman–Crippen MR) is 65.2 cm³/mol. The van der Waals surface area contributed by atoms with Crippen LogP contribution in [0.4, 0.5) is 0 Å². The van der Waals surface area contributed by atoms with Crippen molar-refractivity contribution in [1.82, 2.24) is 4.98 Å². The highest BCUT2D eigenvalue weighted by Gasteiger charge is 2.09. The molecule has 0 atom stereocenters. The van der Waals surface area contributed by atoms with E-state index in [1.54, 1.807) is 0 Å². The van der Waals surface area contributed by atoms with Crippen molar-refractivity contribution in [3.63, 3.8) is 0 Å². The third-order valence-electron chi connectivity index (χ3n) is 3.22. The lowest BCUT2D eigenvalue weighted by molar-refractivity contribution is 1.22. The summed E-state index contributed by atoms with van der Waals surface area (Å²) in [6.07, 6.45) is 1.98. The fourth-order valence-corrected chi connectivity index (χ4v) is 2.18. The van der Waals surface area contributed by atoms with Gasteiger partial charge in [-0.05, 0) is 62.1 Å². The molecule has 0 spiro atoms. The van der Waals surface area contributed by atoms with E-state index in [1.165, 1.54) is 33.5 Å². The molecule has 0 saturated carbocycles. The zero-order chi connectivity index (χ0) is 11.0. The van der Waals surface area contributed by atoms with Gasteiger partial charge in [-0.25, -0.2) is 0 Å². The summed E-state index contributed by atoms with van der Waals surface area (Å²) in [7, 11) is 0. The van der Waals surface area contributed by atoms with Crippen LogP contribution in [-0.2, 0) is 0 Å². The van der Waals surface area contributed by atoms with Gasteiger partial charge in [0.25, 0.3) is 0 Å². The monoisotopic (exact) mass is 199 g/mol. The Hall–Kier alpha value is -1.50.